The lowest BCUT2D eigenvalue weighted by atomic mass is 9.62. The van der Waals surface area contributed by atoms with Gasteiger partial charge in [-0.2, -0.15) is 0 Å². The van der Waals surface area contributed by atoms with E-state index in [0.29, 0.717) is 5.92 Å². The van der Waals surface area contributed by atoms with Gasteiger partial charge in [0.2, 0.25) is 0 Å². The van der Waals surface area contributed by atoms with Crippen LogP contribution in [0.15, 0.2) is 103 Å². The van der Waals surface area contributed by atoms with Crippen LogP contribution in [0.3, 0.4) is 0 Å². The first-order valence-corrected chi connectivity index (χ1v) is 11.9. The van der Waals surface area contributed by atoms with Crippen molar-refractivity contribution in [2.75, 3.05) is 0 Å². The van der Waals surface area contributed by atoms with Crippen LogP contribution in [0.1, 0.15) is 34.9 Å². The van der Waals surface area contributed by atoms with Crippen LogP contribution in [-0.2, 0) is 11.8 Å². The van der Waals surface area contributed by atoms with Gasteiger partial charge < -0.3 is 4.57 Å². The summed E-state index contributed by atoms with van der Waals surface area (Å²) in [5, 5.41) is 1.40. The quantitative estimate of drug-likeness (QED) is 0.243. The number of hydrogen-bond acceptors (Lipinski definition) is 0. The summed E-state index contributed by atoms with van der Waals surface area (Å²) in [5.41, 5.74) is 13.7. The third kappa shape index (κ3) is 1.92. The zero-order valence-electron chi connectivity index (χ0n) is 18.5. The highest BCUT2D eigenvalue weighted by atomic mass is 15.0. The van der Waals surface area contributed by atoms with Crippen molar-refractivity contribution in [2.45, 2.75) is 18.8 Å². The number of para-hydroxylation sites is 2. The van der Waals surface area contributed by atoms with Gasteiger partial charge in [0, 0.05) is 5.39 Å². The Labute approximate surface area is 193 Å². The summed E-state index contributed by atoms with van der Waals surface area (Å²) in [4.78, 5) is 0. The summed E-state index contributed by atoms with van der Waals surface area (Å²) in [7, 11) is 0. The highest BCUT2D eigenvalue weighted by molar-refractivity contribution is 6.03. The smallest absolute Gasteiger partial charge is 0.0751 e. The first-order valence-electron chi connectivity index (χ1n) is 11.9. The van der Waals surface area contributed by atoms with Gasteiger partial charge in [0.25, 0.3) is 0 Å². The molecule has 1 nitrogen and oxygen atoms in total. The number of benzene rings is 4. The second-order valence-corrected chi connectivity index (χ2v) is 9.80. The molecule has 156 valence electrons. The van der Waals surface area contributed by atoms with Crippen molar-refractivity contribution in [3.8, 4) is 16.8 Å². The van der Waals surface area contributed by atoms with Gasteiger partial charge in [0.1, 0.15) is 0 Å². The lowest BCUT2D eigenvalue weighted by Crippen LogP contribution is -2.36. The van der Waals surface area contributed by atoms with Crippen LogP contribution in [0.25, 0.3) is 33.3 Å². The van der Waals surface area contributed by atoms with E-state index in [9.17, 15) is 0 Å². The minimum Gasteiger partial charge on any atom is -0.309 e. The Balaban J connectivity index is 1.65. The monoisotopic (exact) mass is 421 g/mol. The highest BCUT2D eigenvalue weighted by Crippen LogP contribution is 2.63. The molecular formula is C32H23N. The van der Waals surface area contributed by atoms with E-state index in [0.717, 1.165) is 6.42 Å². The molecule has 1 spiro atoms. The van der Waals surface area contributed by atoms with E-state index in [2.05, 4.69) is 115 Å². The van der Waals surface area contributed by atoms with E-state index in [-0.39, 0.29) is 5.41 Å². The summed E-state index contributed by atoms with van der Waals surface area (Å²) in [6.45, 7) is 2.38. The van der Waals surface area contributed by atoms with Gasteiger partial charge in [-0.1, -0.05) is 97.9 Å². The first kappa shape index (κ1) is 17.7. The molecule has 1 aromatic heterocycles. The molecule has 8 rings (SSSR count). The second kappa shape index (κ2) is 5.94. The molecule has 0 saturated heterocycles. The summed E-state index contributed by atoms with van der Waals surface area (Å²) >= 11 is 0. The fourth-order valence-corrected chi connectivity index (χ4v) is 7.04. The van der Waals surface area contributed by atoms with E-state index in [1.807, 2.05) is 0 Å². The van der Waals surface area contributed by atoms with Crippen molar-refractivity contribution in [1.29, 1.82) is 0 Å². The minimum absolute atomic E-state index is 0.280. The van der Waals surface area contributed by atoms with Gasteiger partial charge in [0.05, 0.1) is 22.3 Å². The molecule has 5 aromatic rings. The van der Waals surface area contributed by atoms with Gasteiger partial charge in [0.15, 0.2) is 0 Å². The van der Waals surface area contributed by atoms with Crippen LogP contribution in [0, 0.1) is 5.92 Å². The predicted molar refractivity (Wildman–Crippen MR) is 136 cm³/mol. The Morgan fingerprint density at radius 2 is 1.30 bits per heavy atom. The average molecular weight is 422 g/mol. The lowest BCUT2D eigenvalue weighted by molar-refractivity contribution is 0.678. The number of fused-ring (bicyclic) bond motifs is 12. The molecule has 0 amide bonds. The van der Waals surface area contributed by atoms with Gasteiger partial charge in [-0.25, -0.2) is 0 Å². The van der Waals surface area contributed by atoms with Gasteiger partial charge >= 0.3 is 0 Å². The minimum atomic E-state index is -0.280. The average Bonchev–Trinajstić information content (AvgIpc) is 3.35. The molecule has 0 radical (unpaired) electrons. The van der Waals surface area contributed by atoms with Crippen LogP contribution in [-0.4, -0.2) is 4.57 Å². The molecule has 1 aliphatic heterocycles. The SMILES string of the molecule is CC1C=C2c3c(c4ccccc4n3-c3ccccc3C23c2ccccc2-c2ccccc23)C1. The van der Waals surface area contributed by atoms with Crippen LogP contribution in [0.4, 0.5) is 0 Å². The Morgan fingerprint density at radius 1 is 0.697 bits per heavy atom. The van der Waals surface area contributed by atoms with Crippen molar-refractivity contribution in [1.82, 2.24) is 4.57 Å². The largest absolute Gasteiger partial charge is 0.309 e. The second-order valence-electron chi connectivity index (χ2n) is 9.80. The Bertz CT molecular complexity index is 1620. The third-order valence-electron chi connectivity index (χ3n) is 8.12. The Hall–Kier alpha value is -3.84. The molecule has 2 aliphatic carbocycles. The standard InChI is InChI=1S/C32H23N/c1-20-18-24-23-12-4-8-16-29(23)33-30-17-9-7-15-27(30)32(28(19-20)31(24)33)25-13-5-2-10-21(25)22-11-3-6-14-26(22)32/h2-17,19-20H,18H2,1H3. The molecular weight excluding hydrogens is 398 g/mol. The maximum atomic E-state index is 2.58. The van der Waals surface area contributed by atoms with Crippen molar-refractivity contribution < 1.29 is 0 Å². The van der Waals surface area contributed by atoms with E-state index in [4.69, 9.17) is 0 Å². The van der Waals surface area contributed by atoms with Gasteiger partial charge in [-0.05, 0) is 63.4 Å². The summed E-state index contributed by atoms with van der Waals surface area (Å²) < 4.78 is 2.55. The maximum absolute atomic E-state index is 2.58. The number of hydrogen-bond donors (Lipinski definition) is 0. The molecule has 4 aromatic carbocycles. The van der Waals surface area contributed by atoms with Crippen molar-refractivity contribution >= 4 is 16.5 Å². The topological polar surface area (TPSA) is 4.93 Å². The Kier molecular flexibility index (Phi) is 3.18. The van der Waals surface area contributed by atoms with E-state index in [1.54, 1.807) is 0 Å². The number of rotatable bonds is 0. The highest BCUT2D eigenvalue weighted by Gasteiger charge is 2.53. The summed E-state index contributed by atoms with van der Waals surface area (Å²) in [6.07, 6.45) is 3.67. The molecule has 1 unspecified atom stereocenters. The third-order valence-corrected chi connectivity index (χ3v) is 8.12. The molecule has 1 atom stereocenters. The fraction of sp³-hybridized carbons (Fsp3) is 0.125. The molecule has 1 heteroatoms. The van der Waals surface area contributed by atoms with E-state index >= 15 is 0 Å². The van der Waals surface area contributed by atoms with Crippen LogP contribution in [0.2, 0.25) is 0 Å². The first-order chi connectivity index (χ1) is 16.3. The summed E-state index contributed by atoms with van der Waals surface area (Å²) in [6, 6.07) is 36.2. The van der Waals surface area contributed by atoms with E-state index in [1.165, 1.54) is 61.2 Å². The molecule has 33 heavy (non-hydrogen) atoms. The van der Waals surface area contributed by atoms with Gasteiger partial charge in [-0.3, -0.25) is 0 Å². The zero-order valence-corrected chi connectivity index (χ0v) is 18.5. The molecule has 0 fully saturated rings. The molecule has 3 aliphatic rings. The normalized spacial score (nSPS) is 18.5. The molecule has 2 heterocycles. The molecule has 0 N–H and O–H groups in total. The zero-order chi connectivity index (χ0) is 21.7. The molecule has 0 saturated carbocycles. The van der Waals surface area contributed by atoms with Crippen molar-refractivity contribution in [3.63, 3.8) is 0 Å². The summed E-state index contributed by atoms with van der Waals surface area (Å²) in [5.74, 6) is 0.494. The fourth-order valence-electron chi connectivity index (χ4n) is 7.04. The lowest BCUT2D eigenvalue weighted by Gasteiger charge is -2.43. The molecule has 0 bridgehead atoms. The number of allylic oxidation sites excluding steroid dienone is 2. The van der Waals surface area contributed by atoms with E-state index < -0.39 is 0 Å². The van der Waals surface area contributed by atoms with Crippen molar-refractivity contribution in [3.05, 3.63) is 131 Å². The van der Waals surface area contributed by atoms with Gasteiger partial charge in [-0.15, -0.1) is 0 Å². The van der Waals surface area contributed by atoms with Crippen molar-refractivity contribution in [2.24, 2.45) is 5.92 Å². The van der Waals surface area contributed by atoms with Crippen LogP contribution in [0.5, 0.6) is 0 Å². The van der Waals surface area contributed by atoms with Crippen LogP contribution >= 0.6 is 0 Å². The van der Waals surface area contributed by atoms with Crippen LogP contribution < -0.4 is 0 Å². The number of aromatic nitrogens is 1. The predicted octanol–water partition coefficient (Wildman–Crippen LogP) is 7.53. The Morgan fingerprint density at radius 3 is 2.06 bits per heavy atom. The number of nitrogens with zero attached hydrogens (tertiary/aromatic N) is 1. The maximum Gasteiger partial charge on any atom is 0.0751 e.